The second-order valence-corrected chi connectivity index (χ2v) is 23.2. The minimum absolute atomic E-state index is 0.811. The van der Waals surface area contributed by atoms with E-state index >= 15 is 0 Å². The molecule has 0 unspecified atom stereocenters. The highest BCUT2D eigenvalue weighted by atomic mass is 15.2. The largest absolute Gasteiger partial charge is 0.310 e. The van der Waals surface area contributed by atoms with Gasteiger partial charge in [-0.2, -0.15) is 0 Å². The van der Waals surface area contributed by atoms with E-state index in [1.54, 1.807) is 0 Å². The molecule has 0 amide bonds. The predicted molar refractivity (Wildman–Crippen MR) is 332 cm³/mol. The molecule has 3 nitrogen and oxygen atoms in total. The van der Waals surface area contributed by atoms with Gasteiger partial charge in [0.2, 0.25) is 0 Å². The highest BCUT2D eigenvalue weighted by Gasteiger charge is 2.47. The lowest BCUT2D eigenvalue weighted by Gasteiger charge is -2.47. The van der Waals surface area contributed by atoms with E-state index in [9.17, 15) is 0 Å². The number of hydrogen-bond acceptors (Lipinski definition) is 3. The lowest BCUT2D eigenvalue weighted by Crippen LogP contribution is -2.38. The first kappa shape index (κ1) is 52.8. The molecule has 77 heavy (non-hydrogen) atoms. The maximum Gasteiger partial charge on any atom is 0.0744 e. The molecule has 0 saturated carbocycles. The van der Waals surface area contributed by atoms with E-state index in [1.807, 2.05) is 0 Å². The Hall–Kier alpha value is -7.62. The molecule has 0 aromatic heterocycles. The molecule has 1 heterocycles. The molecule has 390 valence electrons. The molecule has 1 aliphatic rings. The van der Waals surface area contributed by atoms with E-state index in [1.165, 1.54) is 162 Å². The summed E-state index contributed by atoms with van der Waals surface area (Å²) in [7, 11) is 0. The monoisotopic (exact) mass is 1010 g/mol. The van der Waals surface area contributed by atoms with Crippen LogP contribution in [0.25, 0.3) is 0 Å². The van der Waals surface area contributed by atoms with Crippen molar-refractivity contribution in [3.63, 3.8) is 0 Å². The first-order chi connectivity index (χ1) is 36.6. The van der Waals surface area contributed by atoms with E-state index in [0.29, 0.717) is 0 Å². The van der Waals surface area contributed by atoms with E-state index in [-0.39, 0.29) is 0 Å². The fraction of sp³-hybridized carbons (Fsp3) is 0.270. The van der Waals surface area contributed by atoms with Crippen molar-refractivity contribution in [2.24, 2.45) is 0 Å². The Morgan fingerprint density at radius 1 is 0.286 bits per heavy atom. The Morgan fingerprint density at radius 3 is 0.922 bits per heavy atom. The number of aryl methyl sites for hydroxylation is 11. The van der Waals surface area contributed by atoms with Crippen molar-refractivity contribution in [3.05, 3.63) is 261 Å². The molecule has 0 N–H and O–H groups in total. The average Bonchev–Trinajstić information content (AvgIpc) is 3.49. The number of nitrogens with zero attached hydrogens (tertiary/aromatic N) is 3. The number of hydrogen-bond donors (Lipinski definition) is 0. The molecular weight excluding hydrogens is 931 g/mol. The number of benzene rings is 9. The highest BCUT2D eigenvalue weighted by molar-refractivity contribution is 5.93. The third-order valence-electron chi connectivity index (χ3n) is 18.1. The van der Waals surface area contributed by atoms with Crippen LogP contribution < -0.4 is 14.7 Å². The summed E-state index contributed by atoms with van der Waals surface area (Å²) >= 11 is 0. The van der Waals surface area contributed by atoms with Crippen LogP contribution in [0.1, 0.15) is 128 Å². The van der Waals surface area contributed by atoms with Gasteiger partial charge >= 0.3 is 0 Å². The average molecular weight is 1010 g/mol. The Labute approximate surface area is 461 Å². The second kappa shape index (κ2) is 19.7. The Bertz CT molecular complexity index is 3510. The third-order valence-corrected chi connectivity index (χ3v) is 18.1. The SMILES string of the molecule is Cc1ccc(N2c3ccc(C)cc3C(c3cccc(N(c4c(C)cc(C)c(C)c4C)c4c(C)cc(C)c(C)c4C)c3)(c3cccc(N(c4c(C)cc(C)c(C)c4C)c4c(C)cc(C)c(C)c4C)c3)c3cc(C)ccc32)cc1. The molecule has 3 heteroatoms. The summed E-state index contributed by atoms with van der Waals surface area (Å²) < 4.78 is 0. The summed E-state index contributed by atoms with van der Waals surface area (Å²) in [6.07, 6.45) is 0. The Balaban J connectivity index is 1.38. The standard InChI is InChI=1S/C74H79N3/c1-42-26-30-63(31-27-42)75-68-32-28-43(2)34-66(68)74(67-35-44(3)29-33-69(67)75,61-22-20-24-64(40-61)76(70-49(8)36-45(4)53(12)57(70)16)71-50(9)37-46(5)54(13)58(71)17)62-23-21-25-65(41-62)77(72-51(10)38-47(6)55(14)59(72)18)73-52(11)39-48(7)56(15)60(73)19/h20-41H,1-19H3. The molecule has 10 rings (SSSR count). The third kappa shape index (κ3) is 8.49. The molecule has 0 atom stereocenters. The van der Waals surface area contributed by atoms with Crippen LogP contribution in [0.3, 0.4) is 0 Å². The van der Waals surface area contributed by atoms with Gasteiger partial charge in [0.1, 0.15) is 0 Å². The van der Waals surface area contributed by atoms with E-state index in [2.05, 4.69) is 280 Å². The van der Waals surface area contributed by atoms with Crippen molar-refractivity contribution in [2.75, 3.05) is 14.7 Å². The minimum Gasteiger partial charge on any atom is -0.310 e. The van der Waals surface area contributed by atoms with E-state index in [0.717, 1.165) is 17.1 Å². The normalized spacial score (nSPS) is 12.7. The minimum atomic E-state index is -0.811. The summed E-state index contributed by atoms with van der Waals surface area (Å²) in [6.45, 7) is 43.3. The van der Waals surface area contributed by atoms with Crippen molar-refractivity contribution < 1.29 is 0 Å². The molecule has 9 aromatic rings. The van der Waals surface area contributed by atoms with Gasteiger partial charge in [0, 0.05) is 17.1 Å². The van der Waals surface area contributed by atoms with Crippen molar-refractivity contribution >= 4 is 51.2 Å². The van der Waals surface area contributed by atoms with Gasteiger partial charge in [0.15, 0.2) is 0 Å². The Kier molecular flexibility index (Phi) is 13.5. The first-order valence-corrected chi connectivity index (χ1v) is 27.8. The van der Waals surface area contributed by atoms with Crippen molar-refractivity contribution in [2.45, 2.75) is 137 Å². The molecule has 0 radical (unpaired) electrons. The topological polar surface area (TPSA) is 9.72 Å². The summed E-state index contributed by atoms with van der Waals surface area (Å²) in [5.41, 5.74) is 39.3. The fourth-order valence-corrected chi connectivity index (χ4v) is 13.3. The van der Waals surface area contributed by atoms with Crippen LogP contribution in [0.15, 0.2) is 133 Å². The van der Waals surface area contributed by atoms with Crippen molar-refractivity contribution in [1.29, 1.82) is 0 Å². The maximum atomic E-state index is 2.61. The molecule has 0 aliphatic carbocycles. The highest BCUT2D eigenvalue weighted by Crippen LogP contribution is 2.60. The zero-order chi connectivity index (χ0) is 55.3. The van der Waals surface area contributed by atoms with Gasteiger partial charge in [-0.1, -0.05) is 102 Å². The van der Waals surface area contributed by atoms with Crippen LogP contribution in [0, 0.1) is 132 Å². The lowest BCUT2D eigenvalue weighted by molar-refractivity contribution is 0.729. The van der Waals surface area contributed by atoms with Gasteiger partial charge in [-0.15, -0.1) is 0 Å². The molecule has 0 fully saturated rings. The van der Waals surface area contributed by atoms with Crippen LogP contribution in [-0.4, -0.2) is 0 Å². The molecular formula is C74H79N3. The van der Waals surface area contributed by atoms with Crippen LogP contribution in [-0.2, 0) is 5.41 Å². The van der Waals surface area contributed by atoms with Gasteiger partial charge in [-0.25, -0.2) is 0 Å². The summed E-state index contributed by atoms with van der Waals surface area (Å²) in [4.78, 5) is 7.73. The van der Waals surface area contributed by atoms with Crippen molar-refractivity contribution in [1.82, 2.24) is 0 Å². The van der Waals surface area contributed by atoms with E-state index in [4.69, 9.17) is 0 Å². The fourth-order valence-electron chi connectivity index (χ4n) is 13.3. The summed E-state index contributed by atoms with van der Waals surface area (Å²) in [6, 6.07) is 52.2. The smallest absolute Gasteiger partial charge is 0.0744 e. The second-order valence-electron chi connectivity index (χ2n) is 23.2. The number of fused-ring (bicyclic) bond motifs is 2. The van der Waals surface area contributed by atoms with Gasteiger partial charge in [0.05, 0.1) is 39.5 Å². The van der Waals surface area contributed by atoms with Crippen LogP contribution in [0.5, 0.6) is 0 Å². The van der Waals surface area contributed by atoms with Gasteiger partial charge in [-0.05, 0) is 291 Å². The molecule has 0 spiro atoms. The number of rotatable bonds is 9. The zero-order valence-corrected chi connectivity index (χ0v) is 49.5. The summed E-state index contributed by atoms with van der Waals surface area (Å²) in [5, 5.41) is 0. The van der Waals surface area contributed by atoms with Crippen LogP contribution in [0.4, 0.5) is 51.2 Å². The molecule has 0 saturated heterocycles. The maximum absolute atomic E-state index is 2.61. The predicted octanol–water partition coefficient (Wildman–Crippen LogP) is 20.7. The van der Waals surface area contributed by atoms with Gasteiger partial charge in [-0.3, -0.25) is 0 Å². The quantitative estimate of drug-likeness (QED) is 0.143. The molecule has 1 aliphatic heterocycles. The van der Waals surface area contributed by atoms with Crippen molar-refractivity contribution in [3.8, 4) is 0 Å². The lowest BCUT2D eigenvalue weighted by atomic mass is 9.62. The van der Waals surface area contributed by atoms with Gasteiger partial charge in [0.25, 0.3) is 0 Å². The van der Waals surface area contributed by atoms with Crippen LogP contribution in [0.2, 0.25) is 0 Å². The van der Waals surface area contributed by atoms with Gasteiger partial charge < -0.3 is 14.7 Å². The molecule has 0 bridgehead atoms. The summed E-state index contributed by atoms with van der Waals surface area (Å²) in [5.74, 6) is 0. The Morgan fingerprint density at radius 2 is 0.597 bits per heavy atom. The van der Waals surface area contributed by atoms with E-state index < -0.39 is 5.41 Å². The zero-order valence-electron chi connectivity index (χ0n) is 49.5. The first-order valence-electron chi connectivity index (χ1n) is 27.8. The molecule has 9 aromatic carbocycles. The van der Waals surface area contributed by atoms with Crippen LogP contribution >= 0.6 is 0 Å². The number of anilines is 9.